The van der Waals surface area contributed by atoms with Gasteiger partial charge in [0.2, 0.25) is 0 Å². The van der Waals surface area contributed by atoms with E-state index in [0.717, 1.165) is 13.1 Å². The third-order valence-electron chi connectivity index (χ3n) is 3.08. The van der Waals surface area contributed by atoms with E-state index in [-0.39, 0.29) is 0 Å². The Morgan fingerprint density at radius 1 is 1.25 bits per heavy atom. The van der Waals surface area contributed by atoms with Gasteiger partial charge in [0.25, 0.3) is 0 Å². The number of hydrogen-bond acceptors (Lipinski definition) is 2. The van der Waals surface area contributed by atoms with Crippen molar-refractivity contribution in [3.63, 3.8) is 0 Å². The molecule has 0 saturated heterocycles. The smallest absolute Gasteiger partial charge is 0.111 e. The standard InChI is InChI=1S/C13H25N3/c1-10(2)12(5)14-6-8-16-9-7-15-13(16)11(3)4/h7,9-12,14H,6,8H2,1-5H3. The minimum Gasteiger partial charge on any atom is -0.333 e. The van der Waals surface area contributed by atoms with Crippen LogP contribution in [0.4, 0.5) is 0 Å². The molecule has 3 nitrogen and oxygen atoms in total. The summed E-state index contributed by atoms with van der Waals surface area (Å²) in [6, 6.07) is 0.575. The van der Waals surface area contributed by atoms with Crippen molar-refractivity contribution in [1.82, 2.24) is 14.9 Å². The topological polar surface area (TPSA) is 29.9 Å². The molecular weight excluding hydrogens is 198 g/mol. The van der Waals surface area contributed by atoms with Crippen LogP contribution in [0.15, 0.2) is 12.4 Å². The SMILES string of the molecule is CC(C)c1nccn1CCNC(C)C(C)C. The van der Waals surface area contributed by atoms with Crippen LogP contribution < -0.4 is 5.32 Å². The van der Waals surface area contributed by atoms with Gasteiger partial charge in [-0.15, -0.1) is 0 Å². The molecule has 0 saturated carbocycles. The number of nitrogens with one attached hydrogen (secondary N) is 1. The molecule has 16 heavy (non-hydrogen) atoms. The summed E-state index contributed by atoms with van der Waals surface area (Å²) < 4.78 is 2.24. The zero-order valence-corrected chi connectivity index (χ0v) is 11.2. The molecule has 0 amide bonds. The van der Waals surface area contributed by atoms with E-state index in [1.54, 1.807) is 0 Å². The summed E-state index contributed by atoms with van der Waals surface area (Å²) in [5, 5.41) is 3.54. The first-order valence-corrected chi connectivity index (χ1v) is 6.26. The molecule has 0 fully saturated rings. The number of imidazole rings is 1. The molecule has 0 aliphatic carbocycles. The molecule has 1 heterocycles. The Labute approximate surface area is 99.3 Å². The van der Waals surface area contributed by atoms with Crippen molar-refractivity contribution in [1.29, 1.82) is 0 Å². The quantitative estimate of drug-likeness (QED) is 0.803. The van der Waals surface area contributed by atoms with Crippen LogP contribution in [0.25, 0.3) is 0 Å². The van der Waals surface area contributed by atoms with Crippen LogP contribution in [-0.4, -0.2) is 22.1 Å². The molecule has 0 spiro atoms. The maximum atomic E-state index is 4.38. The van der Waals surface area contributed by atoms with Crippen molar-refractivity contribution in [3.05, 3.63) is 18.2 Å². The van der Waals surface area contributed by atoms with Crippen LogP contribution in [0.5, 0.6) is 0 Å². The molecule has 1 atom stereocenters. The van der Waals surface area contributed by atoms with E-state index in [9.17, 15) is 0 Å². The van der Waals surface area contributed by atoms with E-state index in [2.05, 4.69) is 55.7 Å². The van der Waals surface area contributed by atoms with Crippen molar-refractivity contribution in [2.45, 2.75) is 53.1 Å². The molecule has 1 aromatic heterocycles. The van der Waals surface area contributed by atoms with Crippen molar-refractivity contribution in [2.24, 2.45) is 5.92 Å². The summed E-state index contributed by atoms with van der Waals surface area (Å²) in [4.78, 5) is 4.38. The molecule has 1 N–H and O–H groups in total. The van der Waals surface area contributed by atoms with Gasteiger partial charge < -0.3 is 9.88 Å². The number of hydrogen-bond donors (Lipinski definition) is 1. The number of nitrogens with zero attached hydrogens (tertiary/aromatic N) is 2. The Kier molecular flexibility index (Phi) is 5.00. The lowest BCUT2D eigenvalue weighted by Crippen LogP contribution is -2.33. The average Bonchev–Trinajstić information content (AvgIpc) is 2.65. The predicted molar refractivity (Wildman–Crippen MR) is 68.6 cm³/mol. The number of aromatic nitrogens is 2. The van der Waals surface area contributed by atoms with Crippen LogP contribution >= 0.6 is 0 Å². The highest BCUT2D eigenvalue weighted by molar-refractivity contribution is 4.97. The molecule has 92 valence electrons. The molecule has 1 rings (SSSR count). The lowest BCUT2D eigenvalue weighted by molar-refractivity contribution is 0.414. The van der Waals surface area contributed by atoms with Gasteiger partial charge in [-0.05, 0) is 12.8 Å². The first kappa shape index (κ1) is 13.2. The highest BCUT2D eigenvalue weighted by Crippen LogP contribution is 2.11. The second kappa shape index (κ2) is 6.04. The predicted octanol–water partition coefficient (Wildman–Crippen LogP) is 2.64. The van der Waals surface area contributed by atoms with Crippen LogP contribution in [0.3, 0.4) is 0 Å². The summed E-state index contributed by atoms with van der Waals surface area (Å²) in [7, 11) is 0. The highest BCUT2D eigenvalue weighted by Gasteiger charge is 2.08. The zero-order valence-electron chi connectivity index (χ0n) is 11.2. The van der Waals surface area contributed by atoms with Gasteiger partial charge in [-0.1, -0.05) is 27.7 Å². The second-order valence-corrected chi connectivity index (χ2v) is 5.12. The maximum absolute atomic E-state index is 4.38. The zero-order chi connectivity index (χ0) is 12.1. The Balaban J connectivity index is 2.40. The molecule has 0 aromatic carbocycles. The molecule has 1 unspecified atom stereocenters. The van der Waals surface area contributed by atoms with Crippen LogP contribution in [0.2, 0.25) is 0 Å². The van der Waals surface area contributed by atoms with Gasteiger partial charge in [0, 0.05) is 37.4 Å². The van der Waals surface area contributed by atoms with E-state index >= 15 is 0 Å². The Bertz CT molecular complexity index is 302. The van der Waals surface area contributed by atoms with Gasteiger partial charge in [0.05, 0.1) is 0 Å². The fourth-order valence-electron chi connectivity index (χ4n) is 1.66. The summed E-state index contributed by atoms with van der Waals surface area (Å²) in [5.41, 5.74) is 0. The van der Waals surface area contributed by atoms with E-state index in [0.29, 0.717) is 17.9 Å². The highest BCUT2D eigenvalue weighted by atomic mass is 15.1. The largest absolute Gasteiger partial charge is 0.333 e. The van der Waals surface area contributed by atoms with Crippen molar-refractivity contribution < 1.29 is 0 Å². The fourth-order valence-corrected chi connectivity index (χ4v) is 1.66. The lowest BCUT2D eigenvalue weighted by atomic mass is 10.1. The van der Waals surface area contributed by atoms with Gasteiger partial charge in [-0.25, -0.2) is 4.98 Å². The van der Waals surface area contributed by atoms with E-state index in [4.69, 9.17) is 0 Å². The van der Waals surface area contributed by atoms with Gasteiger partial charge in [0.15, 0.2) is 0 Å². The maximum Gasteiger partial charge on any atom is 0.111 e. The molecular formula is C13H25N3. The van der Waals surface area contributed by atoms with Gasteiger partial charge in [0.1, 0.15) is 5.82 Å². The third-order valence-corrected chi connectivity index (χ3v) is 3.08. The van der Waals surface area contributed by atoms with Crippen LogP contribution in [-0.2, 0) is 6.54 Å². The number of rotatable bonds is 6. The minimum atomic E-state index is 0.498. The van der Waals surface area contributed by atoms with E-state index < -0.39 is 0 Å². The first-order chi connectivity index (χ1) is 7.52. The second-order valence-electron chi connectivity index (χ2n) is 5.12. The molecule has 0 aliphatic heterocycles. The monoisotopic (exact) mass is 223 g/mol. The fraction of sp³-hybridized carbons (Fsp3) is 0.769. The minimum absolute atomic E-state index is 0.498. The van der Waals surface area contributed by atoms with Gasteiger partial charge >= 0.3 is 0 Å². The normalized spacial score (nSPS) is 13.7. The molecule has 0 aliphatic rings. The Morgan fingerprint density at radius 2 is 1.94 bits per heavy atom. The average molecular weight is 223 g/mol. The van der Waals surface area contributed by atoms with Crippen molar-refractivity contribution >= 4 is 0 Å². The third kappa shape index (κ3) is 3.63. The van der Waals surface area contributed by atoms with E-state index in [1.807, 2.05) is 6.20 Å². The summed E-state index contributed by atoms with van der Waals surface area (Å²) >= 11 is 0. The Morgan fingerprint density at radius 3 is 2.50 bits per heavy atom. The first-order valence-electron chi connectivity index (χ1n) is 6.26. The lowest BCUT2D eigenvalue weighted by Gasteiger charge is -2.18. The van der Waals surface area contributed by atoms with Crippen LogP contribution in [0, 0.1) is 5.92 Å². The molecule has 1 aromatic rings. The van der Waals surface area contributed by atoms with Gasteiger partial charge in [-0.3, -0.25) is 0 Å². The molecule has 0 radical (unpaired) electrons. The summed E-state index contributed by atoms with van der Waals surface area (Å²) in [5.74, 6) is 2.36. The van der Waals surface area contributed by atoms with Crippen LogP contribution in [0.1, 0.15) is 46.4 Å². The van der Waals surface area contributed by atoms with Crippen molar-refractivity contribution in [3.8, 4) is 0 Å². The summed E-state index contributed by atoms with van der Waals surface area (Å²) in [6.45, 7) is 13.1. The Hall–Kier alpha value is -0.830. The van der Waals surface area contributed by atoms with Gasteiger partial charge in [-0.2, -0.15) is 0 Å². The molecule has 0 bridgehead atoms. The van der Waals surface area contributed by atoms with E-state index in [1.165, 1.54) is 5.82 Å². The molecule has 3 heteroatoms. The summed E-state index contributed by atoms with van der Waals surface area (Å²) in [6.07, 6.45) is 3.96. The van der Waals surface area contributed by atoms with Crippen molar-refractivity contribution in [2.75, 3.05) is 6.54 Å².